The molecular formula is C15H20N4O2. The third-order valence-corrected chi connectivity index (χ3v) is 2.80. The van der Waals surface area contributed by atoms with E-state index in [1.54, 1.807) is 13.3 Å². The van der Waals surface area contributed by atoms with E-state index in [9.17, 15) is 0 Å². The van der Waals surface area contributed by atoms with Gasteiger partial charge in [-0.15, -0.1) is 0 Å². The maximum atomic E-state index is 5.40. The van der Waals surface area contributed by atoms with Crippen molar-refractivity contribution in [3.63, 3.8) is 0 Å². The lowest BCUT2D eigenvalue weighted by Crippen LogP contribution is -2.07. The van der Waals surface area contributed by atoms with Crippen molar-refractivity contribution in [1.29, 1.82) is 0 Å². The molecule has 2 aromatic rings. The Morgan fingerprint density at radius 1 is 1.24 bits per heavy atom. The molecule has 0 spiro atoms. The molecule has 0 aromatic carbocycles. The van der Waals surface area contributed by atoms with E-state index in [2.05, 4.69) is 20.3 Å². The molecule has 112 valence electrons. The molecule has 2 rings (SSSR count). The number of rotatable bonds is 7. The standard InChI is InChI=1S/C15H20N4O2/c1-4-16-13-9-11(18-14(19-13)10-21-5-2)15-12(20-3)7-6-8-17-15/h6-9H,4-5,10H2,1-3H3,(H,16,18,19). The van der Waals surface area contributed by atoms with E-state index in [0.29, 0.717) is 36.2 Å². The highest BCUT2D eigenvalue weighted by molar-refractivity contribution is 5.65. The summed E-state index contributed by atoms with van der Waals surface area (Å²) in [5, 5.41) is 3.20. The summed E-state index contributed by atoms with van der Waals surface area (Å²) in [6.45, 7) is 5.74. The average Bonchev–Trinajstić information content (AvgIpc) is 2.53. The van der Waals surface area contributed by atoms with Gasteiger partial charge in [0.05, 0.1) is 12.8 Å². The average molecular weight is 288 g/mol. The molecule has 2 heterocycles. The van der Waals surface area contributed by atoms with Crippen molar-refractivity contribution in [3.05, 3.63) is 30.2 Å². The summed E-state index contributed by atoms with van der Waals surface area (Å²) < 4.78 is 10.7. The topological polar surface area (TPSA) is 69.2 Å². The van der Waals surface area contributed by atoms with Crippen molar-refractivity contribution in [1.82, 2.24) is 15.0 Å². The van der Waals surface area contributed by atoms with Gasteiger partial charge in [-0.25, -0.2) is 9.97 Å². The molecular weight excluding hydrogens is 268 g/mol. The number of hydrogen-bond acceptors (Lipinski definition) is 6. The van der Waals surface area contributed by atoms with Crippen LogP contribution in [0.4, 0.5) is 5.82 Å². The van der Waals surface area contributed by atoms with Crippen molar-refractivity contribution < 1.29 is 9.47 Å². The monoisotopic (exact) mass is 288 g/mol. The van der Waals surface area contributed by atoms with Crippen LogP contribution < -0.4 is 10.1 Å². The van der Waals surface area contributed by atoms with Crippen LogP contribution in [-0.4, -0.2) is 35.2 Å². The van der Waals surface area contributed by atoms with Gasteiger partial charge in [0.25, 0.3) is 0 Å². The lowest BCUT2D eigenvalue weighted by molar-refractivity contribution is 0.128. The minimum Gasteiger partial charge on any atom is -0.494 e. The number of anilines is 1. The van der Waals surface area contributed by atoms with Gasteiger partial charge in [-0.1, -0.05) is 0 Å². The Kier molecular flexibility index (Phi) is 5.45. The van der Waals surface area contributed by atoms with Gasteiger partial charge in [-0.2, -0.15) is 0 Å². The second-order valence-electron chi connectivity index (χ2n) is 4.28. The molecule has 21 heavy (non-hydrogen) atoms. The Morgan fingerprint density at radius 3 is 2.81 bits per heavy atom. The molecule has 0 amide bonds. The summed E-state index contributed by atoms with van der Waals surface area (Å²) in [6.07, 6.45) is 1.72. The fourth-order valence-electron chi connectivity index (χ4n) is 1.90. The van der Waals surface area contributed by atoms with Crippen LogP contribution in [0, 0.1) is 0 Å². The first-order chi connectivity index (χ1) is 10.3. The Balaban J connectivity index is 2.43. The molecule has 0 aliphatic rings. The highest BCUT2D eigenvalue weighted by Gasteiger charge is 2.12. The molecule has 6 nitrogen and oxygen atoms in total. The number of ether oxygens (including phenoxy) is 2. The minimum atomic E-state index is 0.373. The molecule has 0 fully saturated rings. The largest absolute Gasteiger partial charge is 0.494 e. The summed E-state index contributed by atoms with van der Waals surface area (Å²) in [5.41, 5.74) is 1.41. The third-order valence-electron chi connectivity index (χ3n) is 2.80. The van der Waals surface area contributed by atoms with Gasteiger partial charge < -0.3 is 14.8 Å². The van der Waals surface area contributed by atoms with Gasteiger partial charge in [-0.3, -0.25) is 4.98 Å². The third kappa shape index (κ3) is 3.88. The minimum absolute atomic E-state index is 0.373. The molecule has 0 aliphatic heterocycles. The second kappa shape index (κ2) is 7.54. The Hall–Kier alpha value is -2.21. The quantitative estimate of drug-likeness (QED) is 0.844. The normalized spacial score (nSPS) is 10.4. The number of pyridine rings is 1. The number of methoxy groups -OCH3 is 1. The molecule has 0 bridgehead atoms. The van der Waals surface area contributed by atoms with Crippen LogP contribution in [0.15, 0.2) is 24.4 Å². The zero-order valence-corrected chi connectivity index (χ0v) is 12.6. The first kappa shape index (κ1) is 15.2. The van der Waals surface area contributed by atoms with Crippen molar-refractivity contribution in [2.75, 3.05) is 25.6 Å². The zero-order valence-electron chi connectivity index (χ0n) is 12.6. The van der Waals surface area contributed by atoms with E-state index in [-0.39, 0.29) is 0 Å². The van der Waals surface area contributed by atoms with Gasteiger partial charge in [-0.05, 0) is 26.0 Å². The van der Waals surface area contributed by atoms with E-state index in [0.717, 1.165) is 12.4 Å². The van der Waals surface area contributed by atoms with E-state index in [4.69, 9.17) is 9.47 Å². The molecule has 0 atom stereocenters. The highest BCUT2D eigenvalue weighted by Crippen LogP contribution is 2.27. The molecule has 6 heteroatoms. The number of hydrogen-bond donors (Lipinski definition) is 1. The van der Waals surface area contributed by atoms with Gasteiger partial charge in [0, 0.05) is 25.4 Å². The number of aromatic nitrogens is 3. The van der Waals surface area contributed by atoms with Crippen molar-refractivity contribution in [2.24, 2.45) is 0 Å². The van der Waals surface area contributed by atoms with Gasteiger partial charge in [0.2, 0.25) is 0 Å². The number of nitrogens with one attached hydrogen (secondary N) is 1. The van der Waals surface area contributed by atoms with Crippen molar-refractivity contribution >= 4 is 5.82 Å². The van der Waals surface area contributed by atoms with E-state index in [1.165, 1.54) is 0 Å². The molecule has 1 N–H and O–H groups in total. The van der Waals surface area contributed by atoms with Gasteiger partial charge in [0.1, 0.15) is 23.9 Å². The maximum Gasteiger partial charge on any atom is 0.157 e. The summed E-state index contributed by atoms with van der Waals surface area (Å²) in [7, 11) is 1.62. The Labute approximate surface area is 124 Å². The summed E-state index contributed by atoms with van der Waals surface area (Å²) in [5.74, 6) is 2.06. The fourth-order valence-corrected chi connectivity index (χ4v) is 1.90. The summed E-state index contributed by atoms with van der Waals surface area (Å²) in [6, 6.07) is 5.55. The lowest BCUT2D eigenvalue weighted by atomic mass is 10.2. The van der Waals surface area contributed by atoms with Crippen LogP contribution in [0.5, 0.6) is 5.75 Å². The van der Waals surface area contributed by atoms with Crippen LogP contribution in [0.1, 0.15) is 19.7 Å². The second-order valence-corrected chi connectivity index (χ2v) is 4.28. The van der Waals surface area contributed by atoms with Crippen LogP contribution >= 0.6 is 0 Å². The molecule has 0 saturated carbocycles. The Morgan fingerprint density at radius 2 is 2.10 bits per heavy atom. The van der Waals surface area contributed by atoms with E-state index in [1.807, 2.05) is 32.0 Å². The lowest BCUT2D eigenvalue weighted by Gasteiger charge is -2.10. The van der Waals surface area contributed by atoms with Gasteiger partial charge >= 0.3 is 0 Å². The predicted octanol–water partition coefficient (Wildman–Crippen LogP) is 2.52. The smallest absolute Gasteiger partial charge is 0.157 e. The van der Waals surface area contributed by atoms with Gasteiger partial charge in [0.15, 0.2) is 5.82 Å². The van der Waals surface area contributed by atoms with E-state index >= 15 is 0 Å². The molecule has 0 radical (unpaired) electrons. The van der Waals surface area contributed by atoms with Crippen LogP contribution in [-0.2, 0) is 11.3 Å². The first-order valence-electron chi connectivity index (χ1n) is 6.97. The molecule has 2 aromatic heterocycles. The van der Waals surface area contributed by atoms with Crippen molar-refractivity contribution in [2.45, 2.75) is 20.5 Å². The van der Waals surface area contributed by atoms with Crippen LogP contribution in [0.2, 0.25) is 0 Å². The zero-order chi connectivity index (χ0) is 15.1. The predicted molar refractivity (Wildman–Crippen MR) is 81.3 cm³/mol. The maximum absolute atomic E-state index is 5.40. The van der Waals surface area contributed by atoms with Crippen LogP contribution in [0.3, 0.4) is 0 Å². The first-order valence-corrected chi connectivity index (χ1v) is 6.97. The highest BCUT2D eigenvalue weighted by atomic mass is 16.5. The van der Waals surface area contributed by atoms with E-state index < -0.39 is 0 Å². The SMILES string of the molecule is CCNc1cc(-c2ncccc2OC)nc(COCC)n1. The van der Waals surface area contributed by atoms with Crippen molar-refractivity contribution in [3.8, 4) is 17.1 Å². The molecule has 0 saturated heterocycles. The fraction of sp³-hybridized carbons (Fsp3) is 0.400. The Bertz CT molecular complexity index is 590. The summed E-state index contributed by atoms with van der Waals surface area (Å²) in [4.78, 5) is 13.3. The molecule has 0 unspecified atom stereocenters. The number of nitrogens with zero attached hydrogens (tertiary/aromatic N) is 3. The van der Waals surface area contributed by atoms with Crippen LogP contribution in [0.25, 0.3) is 11.4 Å². The molecule has 0 aliphatic carbocycles. The summed E-state index contributed by atoms with van der Waals surface area (Å²) >= 11 is 0.